The van der Waals surface area contributed by atoms with Gasteiger partial charge in [-0.2, -0.15) is 5.10 Å². The summed E-state index contributed by atoms with van der Waals surface area (Å²) in [5.74, 6) is 1.08. The van der Waals surface area contributed by atoms with Crippen molar-refractivity contribution in [2.45, 2.75) is 40.2 Å². The van der Waals surface area contributed by atoms with E-state index in [0.717, 1.165) is 30.6 Å². The fourth-order valence-corrected chi connectivity index (χ4v) is 2.00. The van der Waals surface area contributed by atoms with E-state index in [9.17, 15) is 4.79 Å². The largest absolute Gasteiger partial charge is 0.306 e. The van der Waals surface area contributed by atoms with Crippen LogP contribution >= 0.6 is 0 Å². The first-order valence-electron chi connectivity index (χ1n) is 6.71. The Morgan fingerprint density at radius 1 is 1.42 bits per heavy atom. The lowest BCUT2D eigenvalue weighted by molar-refractivity contribution is 0.603. The quantitative estimate of drug-likeness (QED) is 0.896. The summed E-state index contributed by atoms with van der Waals surface area (Å²) in [5, 5.41) is 4.26. The summed E-state index contributed by atoms with van der Waals surface area (Å²) in [6.07, 6.45) is 5.49. The topological polar surface area (TPSA) is 63.6 Å². The van der Waals surface area contributed by atoms with Gasteiger partial charge in [-0.1, -0.05) is 20.8 Å². The Labute approximate surface area is 112 Å². The van der Waals surface area contributed by atoms with Crippen LogP contribution in [0.5, 0.6) is 0 Å². The van der Waals surface area contributed by atoms with Crippen LogP contribution in [0.4, 0.5) is 0 Å². The highest BCUT2D eigenvalue weighted by Crippen LogP contribution is 2.13. The molecule has 0 atom stereocenters. The lowest BCUT2D eigenvalue weighted by Gasteiger charge is -2.05. The van der Waals surface area contributed by atoms with Crippen LogP contribution in [0.2, 0.25) is 0 Å². The van der Waals surface area contributed by atoms with E-state index in [1.165, 1.54) is 0 Å². The number of aromatic amines is 1. The van der Waals surface area contributed by atoms with Crippen LogP contribution < -0.4 is 5.56 Å². The summed E-state index contributed by atoms with van der Waals surface area (Å²) in [4.78, 5) is 19.0. The van der Waals surface area contributed by atoms with Crippen molar-refractivity contribution in [1.82, 2.24) is 19.7 Å². The van der Waals surface area contributed by atoms with Crippen molar-refractivity contribution < 1.29 is 0 Å². The monoisotopic (exact) mass is 260 g/mol. The van der Waals surface area contributed by atoms with Crippen LogP contribution in [0.25, 0.3) is 11.4 Å². The van der Waals surface area contributed by atoms with Crippen molar-refractivity contribution in [3.8, 4) is 11.4 Å². The molecule has 0 aliphatic carbocycles. The third-order valence-corrected chi connectivity index (χ3v) is 2.77. The van der Waals surface area contributed by atoms with E-state index < -0.39 is 0 Å². The average Bonchev–Trinajstić information content (AvgIpc) is 2.76. The summed E-state index contributed by atoms with van der Waals surface area (Å²) in [5.41, 5.74) is 1.58. The predicted octanol–water partition coefficient (Wildman–Crippen LogP) is 2.24. The van der Waals surface area contributed by atoms with Gasteiger partial charge >= 0.3 is 0 Å². The zero-order chi connectivity index (χ0) is 13.8. The first kappa shape index (κ1) is 13.5. The molecule has 19 heavy (non-hydrogen) atoms. The molecule has 0 unspecified atom stereocenters. The van der Waals surface area contributed by atoms with Gasteiger partial charge < -0.3 is 4.98 Å². The fraction of sp³-hybridized carbons (Fsp3) is 0.500. The lowest BCUT2D eigenvalue weighted by Crippen LogP contribution is -2.11. The normalized spacial score (nSPS) is 11.2. The third kappa shape index (κ3) is 3.53. The van der Waals surface area contributed by atoms with E-state index in [1.807, 2.05) is 10.9 Å². The molecule has 5 nitrogen and oxygen atoms in total. The Hall–Kier alpha value is -1.91. The van der Waals surface area contributed by atoms with Crippen LogP contribution in [-0.4, -0.2) is 19.7 Å². The number of H-pyrrole nitrogens is 1. The Morgan fingerprint density at radius 3 is 2.89 bits per heavy atom. The minimum Gasteiger partial charge on any atom is -0.306 e. The van der Waals surface area contributed by atoms with E-state index >= 15 is 0 Å². The van der Waals surface area contributed by atoms with Crippen molar-refractivity contribution in [2.24, 2.45) is 5.92 Å². The number of hydrogen-bond donors (Lipinski definition) is 1. The van der Waals surface area contributed by atoms with Crippen LogP contribution in [0.1, 0.15) is 32.9 Å². The van der Waals surface area contributed by atoms with Gasteiger partial charge in [0.25, 0.3) is 5.56 Å². The Balaban J connectivity index is 2.32. The highest BCUT2D eigenvalue weighted by Gasteiger charge is 2.07. The van der Waals surface area contributed by atoms with Crippen molar-refractivity contribution >= 4 is 0 Å². The fourth-order valence-electron chi connectivity index (χ4n) is 2.00. The molecule has 102 valence electrons. The van der Waals surface area contributed by atoms with Crippen molar-refractivity contribution in [3.63, 3.8) is 0 Å². The zero-order valence-corrected chi connectivity index (χ0v) is 11.7. The number of rotatable bonds is 5. The van der Waals surface area contributed by atoms with Crippen molar-refractivity contribution in [3.05, 3.63) is 34.5 Å². The maximum atomic E-state index is 11.7. The van der Waals surface area contributed by atoms with Gasteiger partial charge in [-0.3, -0.25) is 9.48 Å². The summed E-state index contributed by atoms with van der Waals surface area (Å²) >= 11 is 0. The number of nitrogens with one attached hydrogen (secondary N) is 1. The second-order valence-electron chi connectivity index (χ2n) is 5.18. The minimum absolute atomic E-state index is 0.108. The Bertz CT molecular complexity index is 597. The van der Waals surface area contributed by atoms with Crippen LogP contribution in [0.15, 0.2) is 23.3 Å². The highest BCUT2D eigenvalue weighted by molar-refractivity contribution is 5.51. The molecule has 0 saturated heterocycles. The van der Waals surface area contributed by atoms with Gasteiger partial charge in [0, 0.05) is 24.5 Å². The van der Waals surface area contributed by atoms with Crippen molar-refractivity contribution in [2.75, 3.05) is 0 Å². The zero-order valence-electron chi connectivity index (χ0n) is 11.7. The molecule has 1 N–H and O–H groups in total. The van der Waals surface area contributed by atoms with Gasteiger partial charge in [-0.25, -0.2) is 4.98 Å². The van der Waals surface area contributed by atoms with Gasteiger partial charge in [0.15, 0.2) is 0 Å². The lowest BCUT2D eigenvalue weighted by atomic mass is 10.1. The summed E-state index contributed by atoms with van der Waals surface area (Å²) < 4.78 is 1.87. The second kappa shape index (κ2) is 5.82. The smallest absolute Gasteiger partial charge is 0.251 e. The maximum Gasteiger partial charge on any atom is 0.251 e. The molecule has 2 heterocycles. The predicted molar refractivity (Wildman–Crippen MR) is 74.9 cm³/mol. The molecule has 0 aliphatic heterocycles. The molecule has 0 aliphatic rings. The summed E-state index contributed by atoms with van der Waals surface area (Å²) in [6, 6.07) is 1.57. The van der Waals surface area contributed by atoms with E-state index in [-0.39, 0.29) is 5.56 Å². The van der Waals surface area contributed by atoms with Crippen molar-refractivity contribution in [1.29, 1.82) is 0 Å². The molecule has 2 aromatic rings. The molecule has 0 radical (unpaired) electrons. The average molecular weight is 260 g/mol. The van der Waals surface area contributed by atoms with E-state index in [0.29, 0.717) is 11.7 Å². The second-order valence-corrected chi connectivity index (χ2v) is 5.18. The minimum atomic E-state index is -0.108. The number of aryl methyl sites for hydroxylation is 1. The molecule has 2 aromatic heterocycles. The first-order chi connectivity index (χ1) is 9.08. The molecule has 0 amide bonds. The molecular formula is C14H20N4O. The van der Waals surface area contributed by atoms with Gasteiger partial charge in [0.2, 0.25) is 0 Å². The first-order valence-corrected chi connectivity index (χ1v) is 6.71. The molecular weight excluding hydrogens is 240 g/mol. The number of aromatic nitrogens is 4. The molecule has 0 bridgehead atoms. The molecule has 2 rings (SSSR count). The van der Waals surface area contributed by atoms with E-state index in [2.05, 4.69) is 35.8 Å². The maximum absolute atomic E-state index is 11.7. The SMILES string of the molecule is CCCn1cc(-c2nc(CC(C)C)cc(=O)[nH]2)cn1. The molecule has 0 fully saturated rings. The standard InChI is InChI=1S/C14H20N4O/c1-4-5-18-9-11(8-15-18)14-16-12(6-10(2)3)7-13(19)17-14/h7-10H,4-6H2,1-3H3,(H,16,17,19). The van der Waals surface area contributed by atoms with E-state index in [1.54, 1.807) is 12.3 Å². The van der Waals surface area contributed by atoms with E-state index in [4.69, 9.17) is 0 Å². The van der Waals surface area contributed by atoms with Gasteiger partial charge in [-0.15, -0.1) is 0 Å². The number of hydrogen-bond acceptors (Lipinski definition) is 3. The Kier molecular flexibility index (Phi) is 4.14. The van der Waals surface area contributed by atoms with Crippen LogP contribution in [0.3, 0.4) is 0 Å². The van der Waals surface area contributed by atoms with Gasteiger partial charge in [0.1, 0.15) is 5.82 Å². The van der Waals surface area contributed by atoms with Gasteiger partial charge in [-0.05, 0) is 18.8 Å². The Morgan fingerprint density at radius 2 is 2.21 bits per heavy atom. The van der Waals surface area contributed by atoms with Crippen LogP contribution in [0, 0.1) is 5.92 Å². The molecule has 0 spiro atoms. The molecule has 0 saturated carbocycles. The van der Waals surface area contributed by atoms with Crippen LogP contribution in [-0.2, 0) is 13.0 Å². The molecule has 0 aromatic carbocycles. The third-order valence-electron chi connectivity index (χ3n) is 2.77. The molecule has 5 heteroatoms. The van der Waals surface area contributed by atoms with Gasteiger partial charge in [0.05, 0.1) is 11.8 Å². The number of nitrogens with zero attached hydrogens (tertiary/aromatic N) is 3. The summed E-state index contributed by atoms with van der Waals surface area (Å²) in [6.45, 7) is 7.20. The summed E-state index contributed by atoms with van der Waals surface area (Å²) in [7, 11) is 0. The highest BCUT2D eigenvalue weighted by atomic mass is 16.1.